The van der Waals surface area contributed by atoms with E-state index in [0.29, 0.717) is 17.9 Å². The SMILES string of the molecule is COC(=O)C1(Cc2ccc(OC)c(OC)c2)CC1. The summed E-state index contributed by atoms with van der Waals surface area (Å²) in [5.41, 5.74) is 0.754. The van der Waals surface area contributed by atoms with Crippen LogP contribution in [-0.4, -0.2) is 27.3 Å². The first-order valence-electron chi connectivity index (χ1n) is 5.94. The van der Waals surface area contributed by atoms with Gasteiger partial charge in [0, 0.05) is 0 Å². The van der Waals surface area contributed by atoms with Crippen LogP contribution in [0.4, 0.5) is 0 Å². The highest BCUT2D eigenvalue weighted by Crippen LogP contribution is 2.49. The van der Waals surface area contributed by atoms with Crippen molar-refractivity contribution < 1.29 is 19.0 Å². The average Bonchev–Trinajstić information content (AvgIpc) is 3.18. The molecule has 0 radical (unpaired) electrons. The molecule has 0 spiro atoms. The zero-order valence-electron chi connectivity index (χ0n) is 11.0. The van der Waals surface area contributed by atoms with Gasteiger partial charge in [-0.05, 0) is 37.0 Å². The van der Waals surface area contributed by atoms with E-state index in [2.05, 4.69) is 0 Å². The lowest BCUT2D eigenvalue weighted by Gasteiger charge is -2.14. The van der Waals surface area contributed by atoms with Gasteiger partial charge in [-0.2, -0.15) is 0 Å². The van der Waals surface area contributed by atoms with Gasteiger partial charge in [0.2, 0.25) is 0 Å². The molecule has 0 saturated heterocycles. The Morgan fingerprint density at radius 2 is 1.83 bits per heavy atom. The molecule has 1 aromatic rings. The Bertz CT molecular complexity index is 449. The predicted molar refractivity (Wildman–Crippen MR) is 66.9 cm³/mol. The Labute approximate surface area is 107 Å². The van der Waals surface area contributed by atoms with Crippen LogP contribution >= 0.6 is 0 Å². The first kappa shape index (κ1) is 12.7. The number of methoxy groups -OCH3 is 3. The van der Waals surface area contributed by atoms with Crippen LogP contribution in [0.25, 0.3) is 0 Å². The van der Waals surface area contributed by atoms with Crippen molar-refractivity contribution in [2.45, 2.75) is 19.3 Å². The van der Waals surface area contributed by atoms with Gasteiger partial charge in [0.1, 0.15) is 0 Å². The second-order valence-corrected chi connectivity index (χ2v) is 4.64. The van der Waals surface area contributed by atoms with Gasteiger partial charge in [0.15, 0.2) is 11.5 Å². The summed E-state index contributed by atoms with van der Waals surface area (Å²) in [6.45, 7) is 0. The van der Waals surface area contributed by atoms with Crippen LogP contribution < -0.4 is 9.47 Å². The monoisotopic (exact) mass is 250 g/mol. The van der Waals surface area contributed by atoms with Crippen LogP contribution in [0.15, 0.2) is 18.2 Å². The number of ether oxygens (including phenoxy) is 3. The maximum atomic E-state index is 11.7. The van der Waals surface area contributed by atoms with Gasteiger partial charge in [-0.25, -0.2) is 0 Å². The van der Waals surface area contributed by atoms with Crippen LogP contribution in [-0.2, 0) is 16.0 Å². The number of hydrogen-bond donors (Lipinski definition) is 0. The Kier molecular flexibility index (Phi) is 3.45. The first-order chi connectivity index (χ1) is 8.65. The van der Waals surface area contributed by atoms with Gasteiger partial charge < -0.3 is 14.2 Å². The van der Waals surface area contributed by atoms with Crippen LogP contribution in [0.2, 0.25) is 0 Å². The largest absolute Gasteiger partial charge is 0.493 e. The fraction of sp³-hybridized carbons (Fsp3) is 0.500. The summed E-state index contributed by atoms with van der Waals surface area (Å²) in [5.74, 6) is 1.28. The number of carbonyl (C=O) groups is 1. The van der Waals surface area contributed by atoms with E-state index in [1.807, 2.05) is 18.2 Å². The van der Waals surface area contributed by atoms with E-state index >= 15 is 0 Å². The maximum absolute atomic E-state index is 11.7. The lowest BCUT2D eigenvalue weighted by atomic mass is 9.96. The van der Waals surface area contributed by atoms with Gasteiger partial charge in [-0.3, -0.25) is 4.79 Å². The molecule has 0 aliphatic heterocycles. The van der Waals surface area contributed by atoms with E-state index in [9.17, 15) is 4.79 Å². The Morgan fingerprint density at radius 1 is 1.17 bits per heavy atom. The van der Waals surface area contributed by atoms with E-state index in [4.69, 9.17) is 14.2 Å². The molecule has 4 heteroatoms. The summed E-state index contributed by atoms with van der Waals surface area (Å²) in [6.07, 6.45) is 2.49. The van der Waals surface area contributed by atoms with Crippen molar-refractivity contribution >= 4 is 5.97 Å². The molecule has 0 N–H and O–H groups in total. The minimum Gasteiger partial charge on any atom is -0.493 e. The fourth-order valence-corrected chi connectivity index (χ4v) is 2.20. The van der Waals surface area contributed by atoms with Gasteiger partial charge in [-0.15, -0.1) is 0 Å². The molecular weight excluding hydrogens is 232 g/mol. The third-order valence-corrected chi connectivity index (χ3v) is 3.46. The zero-order chi connectivity index (χ0) is 13.2. The van der Waals surface area contributed by atoms with Crippen molar-refractivity contribution in [2.24, 2.45) is 5.41 Å². The first-order valence-corrected chi connectivity index (χ1v) is 5.94. The summed E-state index contributed by atoms with van der Waals surface area (Å²) in [7, 11) is 4.65. The Hall–Kier alpha value is -1.71. The topological polar surface area (TPSA) is 44.8 Å². The van der Waals surface area contributed by atoms with Gasteiger partial charge >= 0.3 is 5.97 Å². The van der Waals surface area contributed by atoms with Crippen LogP contribution in [0.5, 0.6) is 11.5 Å². The Morgan fingerprint density at radius 3 is 2.33 bits per heavy atom. The molecule has 1 aliphatic carbocycles. The molecule has 0 aromatic heterocycles. The molecule has 18 heavy (non-hydrogen) atoms. The number of benzene rings is 1. The number of esters is 1. The van der Waals surface area contributed by atoms with Crippen molar-refractivity contribution in [3.63, 3.8) is 0 Å². The fourth-order valence-electron chi connectivity index (χ4n) is 2.20. The number of hydrogen-bond acceptors (Lipinski definition) is 4. The second kappa shape index (κ2) is 4.88. The lowest BCUT2D eigenvalue weighted by molar-refractivity contribution is -0.147. The summed E-state index contributed by atoms with van der Waals surface area (Å²) < 4.78 is 15.3. The summed E-state index contributed by atoms with van der Waals surface area (Å²) >= 11 is 0. The highest BCUT2D eigenvalue weighted by atomic mass is 16.5. The molecule has 0 bridgehead atoms. The van der Waals surface area contributed by atoms with Gasteiger partial charge in [0.25, 0.3) is 0 Å². The molecule has 0 unspecified atom stereocenters. The zero-order valence-corrected chi connectivity index (χ0v) is 11.0. The molecule has 1 saturated carbocycles. The summed E-state index contributed by atoms with van der Waals surface area (Å²) in [6, 6.07) is 5.74. The average molecular weight is 250 g/mol. The molecule has 98 valence electrons. The molecule has 0 atom stereocenters. The second-order valence-electron chi connectivity index (χ2n) is 4.64. The molecule has 1 fully saturated rings. The molecular formula is C14H18O4. The Balaban J connectivity index is 2.18. The minimum absolute atomic E-state index is 0.114. The highest BCUT2D eigenvalue weighted by Gasteiger charge is 2.50. The van der Waals surface area contributed by atoms with E-state index in [-0.39, 0.29) is 11.4 Å². The quantitative estimate of drug-likeness (QED) is 0.751. The van der Waals surface area contributed by atoms with E-state index in [1.165, 1.54) is 7.11 Å². The molecule has 2 rings (SSSR count). The van der Waals surface area contributed by atoms with Crippen LogP contribution in [0, 0.1) is 5.41 Å². The normalized spacial score (nSPS) is 15.9. The number of rotatable bonds is 5. The van der Waals surface area contributed by atoms with Crippen LogP contribution in [0.1, 0.15) is 18.4 Å². The highest BCUT2D eigenvalue weighted by molar-refractivity contribution is 5.80. The van der Waals surface area contributed by atoms with Crippen molar-refractivity contribution in [1.82, 2.24) is 0 Å². The van der Waals surface area contributed by atoms with Crippen molar-refractivity contribution in [2.75, 3.05) is 21.3 Å². The van der Waals surface area contributed by atoms with Gasteiger partial charge in [-0.1, -0.05) is 6.07 Å². The van der Waals surface area contributed by atoms with Crippen molar-refractivity contribution in [1.29, 1.82) is 0 Å². The third-order valence-electron chi connectivity index (χ3n) is 3.46. The lowest BCUT2D eigenvalue weighted by Crippen LogP contribution is -2.20. The molecule has 1 aliphatic rings. The third kappa shape index (κ3) is 2.28. The molecule has 4 nitrogen and oxygen atoms in total. The van der Waals surface area contributed by atoms with Crippen molar-refractivity contribution in [3.05, 3.63) is 23.8 Å². The standard InChI is InChI=1S/C14H18O4/c1-16-11-5-4-10(8-12(11)17-2)9-14(6-7-14)13(15)18-3/h4-5,8H,6-7,9H2,1-3H3. The molecule has 0 heterocycles. The van der Waals surface area contributed by atoms with Gasteiger partial charge in [0.05, 0.1) is 26.7 Å². The molecule has 1 aromatic carbocycles. The van der Waals surface area contributed by atoms with E-state index in [0.717, 1.165) is 18.4 Å². The summed E-state index contributed by atoms with van der Waals surface area (Å²) in [5, 5.41) is 0. The maximum Gasteiger partial charge on any atom is 0.312 e. The van der Waals surface area contributed by atoms with Crippen LogP contribution in [0.3, 0.4) is 0 Å². The van der Waals surface area contributed by atoms with Crippen molar-refractivity contribution in [3.8, 4) is 11.5 Å². The number of carbonyl (C=O) groups excluding carboxylic acids is 1. The van der Waals surface area contributed by atoms with E-state index in [1.54, 1.807) is 14.2 Å². The smallest absolute Gasteiger partial charge is 0.312 e. The van der Waals surface area contributed by atoms with E-state index < -0.39 is 0 Å². The summed E-state index contributed by atoms with van der Waals surface area (Å²) in [4.78, 5) is 11.7. The molecule has 0 amide bonds. The predicted octanol–water partition coefficient (Wildman–Crippen LogP) is 2.20. The minimum atomic E-state index is -0.311.